The number of hydrogen-bond acceptors (Lipinski definition) is 4. The van der Waals surface area contributed by atoms with Gasteiger partial charge in [-0.3, -0.25) is 14.2 Å². The summed E-state index contributed by atoms with van der Waals surface area (Å²) < 4.78 is 1.59. The lowest BCUT2D eigenvalue weighted by atomic mass is 10.1. The maximum Gasteiger partial charge on any atom is 0.272 e. The monoisotopic (exact) mass is 418 g/mol. The van der Waals surface area contributed by atoms with Gasteiger partial charge in [-0.25, -0.2) is 4.98 Å². The van der Waals surface area contributed by atoms with Crippen molar-refractivity contribution in [2.24, 2.45) is 0 Å². The predicted octanol–water partition coefficient (Wildman–Crippen LogP) is 3.37. The Balaban J connectivity index is 1.57. The highest BCUT2D eigenvalue weighted by Gasteiger charge is 2.27. The zero-order chi connectivity index (χ0) is 22.3. The van der Waals surface area contributed by atoms with E-state index in [-0.39, 0.29) is 24.1 Å². The van der Waals surface area contributed by atoms with Crippen LogP contribution in [0.2, 0.25) is 0 Å². The molecule has 6 heteroatoms. The Morgan fingerprint density at radius 2 is 1.81 bits per heavy atom. The minimum absolute atomic E-state index is 0.0250. The average molecular weight is 419 g/mol. The van der Waals surface area contributed by atoms with E-state index < -0.39 is 0 Å². The van der Waals surface area contributed by atoms with Gasteiger partial charge in [0.1, 0.15) is 12.2 Å². The van der Waals surface area contributed by atoms with Crippen LogP contribution in [0, 0.1) is 27.7 Å². The van der Waals surface area contributed by atoms with E-state index >= 15 is 0 Å². The van der Waals surface area contributed by atoms with Gasteiger partial charge >= 0.3 is 0 Å². The third kappa shape index (κ3) is 4.07. The van der Waals surface area contributed by atoms with E-state index in [1.807, 2.05) is 30.9 Å². The highest BCUT2D eigenvalue weighted by Crippen LogP contribution is 2.22. The SMILES string of the molecule is Cc1cccc(N2CCN(C(=O)Cn3c(=O)c(C)nc4cc(C)c(C)cc43)CC2C)c1. The second kappa shape index (κ2) is 8.17. The van der Waals surface area contributed by atoms with Gasteiger partial charge in [-0.15, -0.1) is 0 Å². The minimum Gasteiger partial charge on any atom is -0.365 e. The van der Waals surface area contributed by atoms with E-state index in [1.165, 1.54) is 11.3 Å². The molecule has 6 nitrogen and oxygen atoms in total. The molecule has 0 radical (unpaired) electrons. The van der Waals surface area contributed by atoms with E-state index in [0.717, 1.165) is 28.7 Å². The first-order valence-electron chi connectivity index (χ1n) is 10.8. The van der Waals surface area contributed by atoms with Gasteiger partial charge in [0.15, 0.2) is 0 Å². The smallest absolute Gasteiger partial charge is 0.272 e. The van der Waals surface area contributed by atoms with Crippen LogP contribution >= 0.6 is 0 Å². The predicted molar refractivity (Wildman–Crippen MR) is 125 cm³/mol. The number of rotatable bonds is 3. The second-order valence-corrected chi connectivity index (χ2v) is 8.73. The average Bonchev–Trinajstić information content (AvgIpc) is 2.73. The van der Waals surface area contributed by atoms with Gasteiger partial charge in [-0.2, -0.15) is 0 Å². The van der Waals surface area contributed by atoms with Crippen LogP contribution in [0.15, 0.2) is 41.2 Å². The molecule has 1 aliphatic rings. The molecule has 1 atom stereocenters. The molecule has 0 saturated carbocycles. The molecule has 2 aromatic carbocycles. The lowest BCUT2D eigenvalue weighted by Crippen LogP contribution is -2.54. The van der Waals surface area contributed by atoms with Crippen molar-refractivity contribution in [2.45, 2.75) is 47.2 Å². The zero-order valence-corrected chi connectivity index (χ0v) is 19.0. The molecule has 1 aromatic heterocycles. The molecule has 1 amide bonds. The normalized spacial score (nSPS) is 16.7. The lowest BCUT2D eigenvalue weighted by Gasteiger charge is -2.41. The molecule has 0 N–H and O–H groups in total. The van der Waals surface area contributed by atoms with Crippen molar-refractivity contribution in [2.75, 3.05) is 24.5 Å². The number of fused-ring (bicyclic) bond motifs is 1. The maximum atomic E-state index is 13.2. The fraction of sp³-hybridized carbons (Fsp3) is 0.400. The van der Waals surface area contributed by atoms with Gasteiger partial charge in [0, 0.05) is 31.4 Å². The molecule has 0 spiro atoms. The Morgan fingerprint density at radius 1 is 1.06 bits per heavy atom. The van der Waals surface area contributed by atoms with Crippen molar-refractivity contribution in [3.8, 4) is 0 Å². The number of nitrogens with zero attached hydrogens (tertiary/aromatic N) is 4. The lowest BCUT2D eigenvalue weighted by molar-refractivity contribution is -0.132. The standard InChI is InChI=1S/C25H30N4O2/c1-16-7-6-8-21(11-16)28-10-9-27(14-19(28)4)24(30)15-29-23-13-18(3)17(2)12-22(23)26-20(5)25(29)31/h6-8,11-13,19H,9-10,14-15H2,1-5H3. The number of aromatic nitrogens is 2. The molecule has 0 bridgehead atoms. The van der Waals surface area contributed by atoms with Gasteiger partial charge in [0.25, 0.3) is 5.56 Å². The van der Waals surface area contributed by atoms with Crippen molar-refractivity contribution < 1.29 is 4.79 Å². The quantitative estimate of drug-likeness (QED) is 0.654. The summed E-state index contributed by atoms with van der Waals surface area (Å²) in [6.07, 6.45) is 0. The number of amides is 1. The number of aryl methyl sites for hydroxylation is 4. The van der Waals surface area contributed by atoms with Crippen LogP contribution in [-0.4, -0.2) is 46.0 Å². The summed E-state index contributed by atoms with van der Waals surface area (Å²) >= 11 is 0. The Labute approximate surface area is 183 Å². The summed E-state index contributed by atoms with van der Waals surface area (Å²) in [5.74, 6) is -0.0250. The Kier molecular flexibility index (Phi) is 5.56. The topological polar surface area (TPSA) is 58.4 Å². The molecule has 2 heterocycles. The van der Waals surface area contributed by atoms with Crippen LogP contribution in [-0.2, 0) is 11.3 Å². The van der Waals surface area contributed by atoms with E-state index in [4.69, 9.17) is 0 Å². The minimum atomic E-state index is -0.199. The van der Waals surface area contributed by atoms with Crippen LogP contribution in [0.1, 0.15) is 29.3 Å². The molecular weight excluding hydrogens is 388 g/mol. The van der Waals surface area contributed by atoms with Crippen molar-refractivity contribution in [3.05, 3.63) is 69.1 Å². The summed E-state index contributed by atoms with van der Waals surface area (Å²) in [5, 5.41) is 0. The molecule has 4 rings (SSSR count). The van der Waals surface area contributed by atoms with Gasteiger partial charge in [-0.05, 0) is 75.6 Å². The Morgan fingerprint density at radius 3 is 2.52 bits per heavy atom. The summed E-state index contributed by atoms with van der Waals surface area (Å²) in [6.45, 7) is 12.1. The van der Waals surface area contributed by atoms with Crippen LogP contribution in [0.3, 0.4) is 0 Å². The first-order valence-corrected chi connectivity index (χ1v) is 10.8. The van der Waals surface area contributed by atoms with Gasteiger partial charge in [-0.1, -0.05) is 12.1 Å². The summed E-state index contributed by atoms with van der Waals surface area (Å²) in [4.78, 5) is 34.7. The molecule has 3 aromatic rings. The number of anilines is 1. The van der Waals surface area contributed by atoms with Gasteiger partial charge in [0.2, 0.25) is 5.91 Å². The second-order valence-electron chi connectivity index (χ2n) is 8.73. The number of piperazine rings is 1. The number of hydrogen-bond donors (Lipinski definition) is 0. The van der Waals surface area contributed by atoms with Gasteiger partial charge < -0.3 is 9.80 Å². The van der Waals surface area contributed by atoms with Crippen LogP contribution in [0.5, 0.6) is 0 Å². The Hall–Kier alpha value is -3.15. The molecular formula is C25H30N4O2. The van der Waals surface area contributed by atoms with E-state index in [1.54, 1.807) is 11.5 Å². The summed E-state index contributed by atoms with van der Waals surface area (Å²) in [7, 11) is 0. The summed E-state index contributed by atoms with van der Waals surface area (Å²) in [6, 6.07) is 12.6. The highest BCUT2D eigenvalue weighted by atomic mass is 16.2. The molecule has 1 fully saturated rings. The number of carbonyl (C=O) groups is 1. The van der Waals surface area contributed by atoms with E-state index in [2.05, 4.69) is 48.0 Å². The highest BCUT2D eigenvalue weighted by molar-refractivity contribution is 5.81. The fourth-order valence-corrected chi connectivity index (χ4v) is 4.39. The molecule has 1 aliphatic heterocycles. The fourth-order valence-electron chi connectivity index (χ4n) is 4.39. The van der Waals surface area contributed by atoms with Crippen LogP contribution in [0.4, 0.5) is 5.69 Å². The molecule has 31 heavy (non-hydrogen) atoms. The molecule has 162 valence electrons. The van der Waals surface area contributed by atoms with Crippen molar-refractivity contribution in [1.82, 2.24) is 14.5 Å². The van der Waals surface area contributed by atoms with E-state index in [0.29, 0.717) is 18.8 Å². The Bertz CT molecular complexity index is 1210. The first kappa shape index (κ1) is 21.1. The van der Waals surface area contributed by atoms with Gasteiger partial charge in [0.05, 0.1) is 11.0 Å². The van der Waals surface area contributed by atoms with Crippen LogP contribution < -0.4 is 10.5 Å². The third-order valence-corrected chi connectivity index (χ3v) is 6.33. The number of carbonyl (C=O) groups excluding carboxylic acids is 1. The zero-order valence-electron chi connectivity index (χ0n) is 19.0. The first-order chi connectivity index (χ1) is 14.7. The molecule has 1 unspecified atom stereocenters. The van der Waals surface area contributed by atoms with E-state index in [9.17, 15) is 9.59 Å². The molecule has 0 aliphatic carbocycles. The number of benzene rings is 2. The third-order valence-electron chi connectivity index (χ3n) is 6.33. The largest absolute Gasteiger partial charge is 0.365 e. The maximum absolute atomic E-state index is 13.2. The molecule has 1 saturated heterocycles. The van der Waals surface area contributed by atoms with Crippen molar-refractivity contribution in [1.29, 1.82) is 0 Å². The van der Waals surface area contributed by atoms with Crippen LogP contribution in [0.25, 0.3) is 11.0 Å². The van der Waals surface area contributed by atoms with Crippen molar-refractivity contribution >= 4 is 22.6 Å². The summed E-state index contributed by atoms with van der Waals surface area (Å²) in [5.41, 5.74) is 6.32. The van der Waals surface area contributed by atoms with Crippen molar-refractivity contribution in [3.63, 3.8) is 0 Å².